The lowest BCUT2D eigenvalue weighted by Crippen LogP contribution is -1.93. The Morgan fingerprint density at radius 1 is 1.12 bits per heavy atom. The van der Waals surface area contributed by atoms with E-state index in [9.17, 15) is 0 Å². The lowest BCUT2D eigenvalue weighted by molar-refractivity contribution is 0.355. The van der Waals surface area contributed by atoms with Crippen LogP contribution < -0.4 is 9.47 Å². The highest BCUT2D eigenvalue weighted by Gasteiger charge is 2.06. The van der Waals surface area contributed by atoms with Gasteiger partial charge in [0.25, 0.3) is 0 Å². The highest BCUT2D eigenvalue weighted by Crippen LogP contribution is 2.30. The molecular formula is C12H12N2O2S. The molecule has 2 aromatic rings. The van der Waals surface area contributed by atoms with E-state index in [2.05, 4.69) is 9.97 Å². The van der Waals surface area contributed by atoms with Gasteiger partial charge in [-0.1, -0.05) is 12.2 Å². The van der Waals surface area contributed by atoms with Crippen LogP contribution in [0.2, 0.25) is 0 Å². The molecule has 5 heteroatoms. The smallest absolute Gasteiger partial charge is 0.161 e. The Balaban J connectivity index is 2.50. The summed E-state index contributed by atoms with van der Waals surface area (Å²) >= 11 is 5.06. The summed E-state index contributed by atoms with van der Waals surface area (Å²) in [4.78, 5) is 7.24. The normalized spacial score (nSPS) is 10.0. The summed E-state index contributed by atoms with van der Waals surface area (Å²) in [5.74, 6) is 2.05. The van der Waals surface area contributed by atoms with Gasteiger partial charge in [-0.3, -0.25) is 0 Å². The molecular weight excluding hydrogens is 236 g/mol. The highest BCUT2D eigenvalue weighted by molar-refractivity contribution is 7.71. The fraction of sp³-hybridized carbons (Fsp3) is 0.167. The number of rotatable bonds is 3. The van der Waals surface area contributed by atoms with Crippen molar-refractivity contribution in [2.24, 2.45) is 0 Å². The van der Waals surface area contributed by atoms with E-state index in [1.165, 1.54) is 0 Å². The van der Waals surface area contributed by atoms with Gasteiger partial charge in [0.15, 0.2) is 11.5 Å². The average Bonchev–Trinajstić information content (AvgIpc) is 2.38. The maximum absolute atomic E-state index is 5.24. The number of H-pyrrole nitrogens is 1. The Bertz CT molecular complexity index is 581. The van der Waals surface area contributed by atoms with Crippen LogP contribution in [0.1, 0.15) is 0 Å². The Labute approximate surface area is 104 Å². The first-order valence-electron chi connectivity index (χ1n) is 5.02. The van der Waals surface area contributed by atoms with Gasteiger partial charge in [0.2, 0.25) is 0 Å². The van der Waals surface area contributed by atoms with Gasteiger partial charge in [0.05, 0.1) is 14.2 Å². The summed E-state index contributed by atoms with van der Waals surface area (Å²) < 4.78 is 11.1. The van der Waals surface area contributed by atoms with Crippen LogP contribution in [0.25, 0.3) is 11.4 Å². The molecule has 0 aliphatic rings. The van der Waals surface area contributed by atoms with Crippen molar-refractivity contribution >= 4 is 12.2 Å². The molecule has 0 unspecified atom stereocenters. The van der Waals surface area contributed by atoms with Gasteiger partial charge in [0, 0.05) is 11.8 Å². The topological polar surface area (TPSA) is 47.1 Å². The lowest BCUT2D eigenvalue weighted by Gasteiger charge is -2.09. The molecule has 1 aromatic carbocycles. The molecule has 1 heterocycles. The minimum atomic E-state index is 0.643. The Hall–Kier alpha value is -1.88. The third-order valence-corrected chi connectivity index (χ3v) is 2.57. The number of ether oxygens (including phenoxy) is 2. The number of aromatic nitrogens is 2. The van der Waals surface area contributed by atoms with Gasteiger partial charge in [-0.05, 0) is 24.3 Å². The number of nitrogens with one attached hydrogen (secondary N) is 1. The number of aromatic amines is 1. The van der Waals surface area contributed by atoms with E-state index in [1.807, 2.05) is 18.2 Å². The molecule has 0 spiro atoms. The van der Waals surface area contributed by atoms with Crippen LogP contribution in [0.3, 0.4) is 0 Å². The van der Waals surface area contributed by atoms with E-state index >= 15 is 0 Å². The predicted octanol–water partition coefficient (Wildman–Crippen LogP) is 2.82. The maximum Gasteiger partial charge on any atom is 0.161 e. The molecule has 1 aromatic heterocycles. The molecule has 0 atom stereocenters. The summed E-state index contributed by atoms with van der Waals surface area (Å²) in [5.41, 5.74) is 0.898. The summed E-state index contributed by atoms with van der Waals surface area (Å²) in [6, 6.07) is 7.32. The van der Waals surface area contributed by atoms with Crippen molar-refractivity contribution < 1.29 is 9.47 Å². The van der Waals surface area contributed by atoms with E-state index in [1.54, 1.807) is 26.5 Å². The molecule has 2 rings (SSSR count). The minimum Gasteiger partial charge on any atom is -0.493 e. The van der Waals surface area contributed by atoms with Gasteiger partial charge in [-0.15, -0.1) is 0 Å². The van der Waals surface area contributed by atoms with Gasteiger partial charge in [0.1, 0.15) is 10.5 Å². The summed E-state index contributed by atoms with van der Waals surface area (Å²) in [7, 11) is 3.20. The molecule has 0 aliphatic heterocycles. The van der Waals surface area contributed by atoms with Crippen LogP contribution in [0.5, 0.6) is 11.5 Å². The molecule has 4 nitrogen and oxygen atoms in total. The van der Waals surface area contributed by atoms with E-state index in [0.29, 0.717) is 22.0 Å². The molecule has 0 saturated heterocycles. The summed E-state index contributed by atoms with van der Waals surface area (Å²) in [6.07, 6.45) is 1.67. The van der Waals surface area contributed by atoms with Gasteiger partial charge >= 0.3 is 0 Å². The van der Waals surface area contributed by atoms with Crippen molar-refractivity contribution in [2.45, 2.75) is 0 Å². The second kappa shape index (κ2) is 4.97. The minimum absolute atomic E-state index is 0.643. The molecule has 17 heavy (non-hydrogen) atoms. The third-order valence-electron chi connectivity index (χ3n) is 2.33. The average molecular weight is 248 g/mol. The summed E-state index contributed by atoms with van der Waals surface area (Å²) in [6.45, 7) is 0. The van der Waals surface area contributed by atoms with Crippen molar-refractivity contribution in [1.82, 2.24) is 9.97 Å². The quantitative estimate of drug-likeness (QED) is 0.848. The Kier molecular flexibility index (Phi) is 3.39. The fourth-order valence-electron chi connectivity index (χ4n) is 1.50. The lowest BCUT2D eigenvalue weighted by atomic mass is 10.2. The Morgan fingerprint density at radius 2 is 1.88 bits per heavy atom. The number of hydrogen-bond acceptors (Lipinski definition) is 4. The monoisotopic (exact) mass is 248 g/mol. The zero-order valence-electron chi connectivity index (χ0n) is 9.56. The first-order valence-corrected chi connectivity index (χ1v) is 5.43. The van der Waals surface area contributed by atoms with Crippen molar-refractivity contribution in [3.63, 3.8) is 0 Å². The van der Waals surface area contributed by atoms with E-state index in [-0.39, 0.29) is 0 Å². The van der Waals surface area contributed by atoms with Crippen LogP contribution in [-0.2, 0) is 0 Å². The second-order valence-electron chi connectivity index (χ2n) is 3.35. The second-order valence-corrected chi connectivity index (χ2v) is 3.79. The van der Waals surface area contributed by atoms with Crippen molar-refractivity contribution in [3.8, 4) is 22.9 Å². The molecule has 0 radical (unpaired) electrons. The third kappa shape index (κ3) is 2.45. The first-order chi connectivity index (χ1) is 8.24. The van der Waals surface area contributed by atoms with Crippen LogP contribution >= 0.6 is 12.2 Å². The molecule has 0 fully saturated rings. The number of hydrogen-bond donors (Lipinski definition) is 1. The highest BCUT2D eigenvalue weighted by atomic mass is 32.1. The van der Waals surface area contributed by atoms with Crippen LogP contribution in [-0.4, -0.2) is 24.2 Å². The zero-order valence-corrected chi connectivity index (χ0v) is 10.4. The molecule has 0 aliphatic carbocycles. The zero-order chi connectivity index (χ0) is 12.3. The SMILES string of the molecule is COc1ccc(-c2nccc(=S)[nH]2)cc1OC. The van der Waals surface area contributed by atoms with Crippen molar-refractivity contribution in [2.75, 3.05) is 14.2 Å². The molecule has 0 amide bonds. The predicted molar refractivity (Wildman–Crippen MR) is 68.0 cm³/mol. The molecule has 88 valence electrons. The first kappa shape index (κ1) is 11.6. The van der Waals surface area contributed by atoms with E-state index < -0.39 is 0 Å². The van der Waals surface area contributed by atoms with Crippen LogP contribution in [0.4, 0.5) is 0 Å². The van der Waals surface area contributed by atoms with E-state index in [4.69, 9.17) is 21.7 Å². The summed E-state index contributed by atoms with van der Waals surface area (Å²) in [5, 5.41) is 0. The number of methoxy groups -OCH3 is 2. The largest absolute Gasteiger partial charge is 0.493 e. The fourth-order valence-corrected chi connectivity index (χ4v) is 1.66. The van der Waals surface area contributed by atoms with Crippen molar-refractivity contribution in [1.29, 1.82) is 0 Å². The number of nitrogens with zero attached hydrogens (tertiary/aromatic N) is 1. The van der Waals surface area contributed by atoms with Crippen molar-refractivity contribution in [3.05, 3.63) is 35.1 Å². The molecule has 0 saturated carbocycles. The molecule has 0 bridgehead atoms. The Morgan fingerprint density at radius 3 is 2.53 bits per heavy atom. The van der Waals surface area contributed by atoms with Gasteiger partial charge in [-0.25, -0.2) is 4.98 Å². The van der Waals surface area contributed by atoms with Crippen LogP contribution in [0, 0.1) is 4.64 Å². The van der Waals surface area contributed by atoms with Gasteiger partial charge in [-0.2, -0.15) is 0 Å². The van der Waals surface area contributed by atoms with Crippen LogP contribution in [0.15, 0.2) is 30.5 Å². The number of benzene rings is 1. The van der Waals surface area contributed by atoms with E-state index in [0.717, 1.165) is 5.56 Å². The van der Waals surface area contributed by atoms with Gasteiger partial charge < -0.3 is 14.5 Å². The standard InChI is InChI=1S/C12H12N2O2S/c1-15-9-4-3-8(7-10(9)16-2)12-13-6-5-11(17)14-12/h3-7H,1-2H3,(H,13,14,17). The maximum atomic E-state index is 5.24. The molecule has 1 N–H and O–H groups in total.